The highest BCUT2D eigenvalue weighted by Crippen LogP contribution is 2.27. The third-order valence-corrected chi connectivity index (χ3v) is 6.12. The largest absolute Gasteiger partial charge is 0.350 e. The van der Waals surface area contributed by atoms with Crippen molar-refractivity contribution in [2.24, 2.45) is 0 Å². The Balaban J connectivity index is 1.60. The second kappa shape index (κ2) is 10.9. The van der Waals surface area contributed by atoms with Crippen LogP contribution in [0.5, 0.6) is 0 Å². The third-order valence-electron chi connectivity index (χ3n) is 6.12. The number of nitrogens with one attached hydrogen (secondary N) is 1. The van der Waals surface area contributed by atoms with Gasteiger partial charge in [0.25, 0.3) is 5.91 Å². The highest BCUT2D eigenvalue weighted by atomic mass is 16.1. The molecule has 0 saturated heterocycles. The van der Waals surface area contributed by atoms with Crippen molar-refractivity contribution < 1.29 is 4.79 Å². The lowest BCUT2D eigenvalue weighted by atomic mass is 10.00. The van der Waals surface area contributed by atoms with Crippen molar-refractivity contribution in [2.45, 2.75) is 52.0 Å². The van der Waals surface area contributed by atoms with Gasteiger partial charge in [-0.15, -0.1) is 0 Å². The molecule has 0 bridgehead atoms. The second-order valence-corrected chi connectivity index (χ2v) is 8.74. The summed E-state index contributed by atoms with van der Waals surface area (Å²) in [5.41, 5.74) is 5.68. The topological polar surface area (TPSA) is 42.0 Å². The number of unbranched alkanes of at least 4 members (excludes halogenated alkanes) is 3. The molecule has 1 aromatic heterocycles. The highest BCUT2D eigenvalue weighted by Gasteiger charge is 2.16. The molecule has 4 aromatic rings. The third kappa shape index (κ3) is 5.67. The predicted molar refractivity (Wildman–Crippen MR) is 138 cm³/mol. The van der Waals surface area contributed by atoms with Gasteiger partial charge >= 0.3 is 0 Å². The van der Waals surface area contributed by atoms with Crippen molar-refractivity contribution >= 4 is 16.8 Å². The molecule has 1 atom stereocenters. The molecule has 1 amide bonds. The fourth-order valence-electron chi connectivity index (χ4n) is 4.23. The summed E-state index contributed by atoms with van der Waals surface area (Å²) in [4.78, 5) is 18.1. The van der Waals surface area contributed by atoms with Gasteiger partial charge in [-0.05, 0) is 36.6 Å². The van der Waals surface area contributed by atoms with E-state index in [1.54, 1.807) is 0 Å². The van der Waals surface area contributed by atoms with Crippen LogP contribution in [0.4, 0.5) is 0 Å². The van der Waals surface area contributed by atoms with Crippen LogP contribution >= 0.6 is 0 Å². The number of hydrogen-bond donors (Lipinski definition) is 1. The number of pyridine rings is 1. The lowest BCUT2D eigenvalue weighted by Crippen LogP contribution is -2.32. The van der Waals surface area contributed by atoms with E-state index < -0.39 is 0 Å². The van der Waals surface area contributed by atoms with E-state index in [0.29, 0.717) is 5.56 Å². The fourth-order valence-corrected chi connectivity index (χ4v) is 4.23. The SMILES string of the molecule is CCCCCC[C@H](C)NC(=O)c1cc(-c2ccc(-c3ccccc3)cc2)nc2ccccc12. The summed E-state index contributed by atoms with van der Waals surface area (Å²) in [5, 5.41) is 4.09. The number of hydrogen-bond acceptors (Lipinski definition) is 2. The maximum absolute atomic E-state index is 13.2. The summed E-state index contributed by atoms with van der Waals surface area (Å²) in [5.74, 6) is -0.0289. The number of carbonyl (C=O) groups is 1. The Bertz CT molecular complexity index is 1200. The zero-order valence-electron chi connectivity index (χ0n) is 19.6. The van der Waals surface area contributed by atoms with Gasteiger partial charge in [-0.1, -0.05) is 105 Å². The first-order chi connectivity index (χ1) is 16.2. The van der Waals surface area contributed by atoms with Crippen LogP contribution in [0, 0.1) is 0 Å². The molecule has 168 valence electrons. The summed E-state index contributed by atoms with van der Waals surface area (Å²) in [7, 11) is 0. The van der Waals surface area contributed by atoms with Crippen molar-refractivity contribution in [1.29, 1.82) is 0 Å². The minimum absolute atomic E-state index is 0.0289. The Morgan fingerprint density at radius 2 is 1.48 bits per heavy atom. The van der Waals surface area contributed by atoms with E-state index in [2.05, 4.69) is 55.6 Å². The number of benzene rings is 3. The molecule has 1 N–H and O–H groups in total. The van der Waals surface area contributed by atoms with Gasteiger partial charge in [0, 0.05) is 17.0 Å². The first-order valence-corrected chi connectivity index (χ1v) is 12.0. The summed E-state index contributed by atoms with van der Waals surface area (Å²) >= 11 is 0. The quantitative estimate of drug-likeness (QED) is 0.274. The van der Waals surface area contributed by atoms with Crippen molar-refractivity contribution in [2.75, 3.05) is 0 Å². The average molecular weight is 437 g/mol. The maximum Gasteiger partial charge on any atom is 0.252 e. The van der Waals surface area contributed by atoms with Crippen LogP contribution in [-0.2, 0) is 0 Å². The molecule has 1 heterocycles. The van der Waals surface area contributed by atoms with E-state index in [0.717, 1.165) is 40.6 Å². The zero-order valence-corrected chi connectivity index (χ0v) is 19.6. The van der Waals surface area contributed by atoms with E-state index in [1.165, 1.54) is 24.8 Å². The molecule has 0 aliphatic heterocycles. The van der Waals surface area contributed by atoms with Gasteiger partial charge in [0.05, 0.1) is 16.8 Å². The van der Waals surface area contributed by atoms with Gasteiger partial charge in [-0.3, -0.25) is 4.79 Å². The van der Waals surface area contributed by atoms with Crippen molar-refractivity contribution in [3.63, 3.8) is 0 Å². The minimum atomic E-state index is -0.0289. The van der Waals surface area contributed by atoms with Crippen LogP contribution in [0.2, 0.25) is 0 Å². The Hall–Kier alpha value is -3.46. The molecule has 0 saturated carbocycles. The molecule has 0 fully saturated rings. The van der Waals surface area contributed by atoms with Crippen molar-refractivity contribution in [3.8, 4) is 22.4 Å². The average Bonchev–Trinajstić information content (AvgIpc) is 2.86. The van der Waals surface area contributed by atoms with Crippen LogP contribution in [0.15, 0.2) is 84.9 Å². The molecule has 0 unspecified atom stereocenters. The van der Waals surface area contributed by atoms with E-state index in [-0.39, 0.29) is 11.9 Å². The fraction of sp³-hybridized carbons (Fsp3) is 0.267. The molecule has 4 rings (SSSR count). The first kappa shape index (κ1) is 22.7. The van der Waals surface area contributed by atoms with Crippen molar-refractivity contribution in [1.82, 2.24) is 10.3 Å². The highest BCUT2D eigenvalue weighted by molar-refractivity contribution is 6.07. The van der Waals surface area contributed by atoms with Gasteiger partial charge in [0.1, 0.15) is 0 Å². The molecule has 33 heavy (non-hydrogen) atoms. The Kier molecular flexibility index (Phi) is 7.51. The van der Waals surface area contributed by atoms with Crippen LogP contribution in [0.25, 0.3) is 33.3 Å². The van der Waals surface area contributed by atoms with E-state index in [4.69, 9.17) is 4.98 Å². The maximum atomic E-state index is 13.2. The van der Waals surface area contributed by atoms with Crippen LogP contribution < -0.4 is 5.32 Å². The lowest BCUT2D eigenvalue weighted by Gasteiger charge is -2.16. The van der Waals surface area contributed by atoms with Gasteiger partial charge in [-0.25, -0.2) is 4.98 Å². The summed E-state index contributed by atoms with van der Waals surface area (Å²) in [6.45, 7) is 4.31. The van der Waals surface area contributed by atoms with E-state index in [1.807, 2.05) is 48.5 Å². The first-order valence-electron chi connectivity index (χ1n) is 12.0. The number of fused-ring (bicyclic) bond motifs is 1. The number of amides is 1. The number of carbonyl (C=O) groups excluding carboxylic acids is 1. The molecule has 0 aliphatic rings. The molecule has 3 nitrogen and oxygen atoms in total. The number of para-hydroxylation sites is 1. The smallest absolute Gasteiger partial charge is 0.252 e. The molecule has 3 heteroatoms. The van der Waals surface area contributed by atoms with Crippen LogP contribution in [0.3, 0.4) is 0 Å². The van der Waals surface area contributed by atoms with Gasteiger partial charge < -0.3 is 5.32 Å². The molecule has 0 aliphatic carbocycles. The standard InChI is InChI=1S/C30H32N2O/c1-3-4-5-7-12-22(2)31-30(33)27-21-29(32-28-16-11-10-15-26(27)28)25-19-17-24(18-20-25)23-13-8-6-9-14-23/h6,8-11,13-22H,3-5,7,12H2,1-2H3,(H,31,33)/t22-/m0/s1. The monoisotopic (exact) mass is 436 g/mol. The number of aromatic nitrogens is 1. The number of rotatable bonds is 9. The number of nitrogens with zero attached hydrogens (tertiary/aromatic N) is 1. The predicted octanol–water partition coefficient (Wildman–Crippen LogP) is 7.66. The summed E-state index contributed by atoms with van der Waals surface area (Å²) in [6.07, 6.45) is 5.84. The normalized spacial score (nSPS) is 11.9. The zero-order chi connectivity index (χ0) is 23.0. The lowest BCUT2D eigenvalue weighted by molar-refractivity contribution is 0.0939. The molecule has 0 radical (unpaired) electrons. The molecule has 0 spiro atoms. The van der Waals surface area contributed by atoms with Crippen LogP contribution in [-0.4, -0.2) is 16.9 Å². The molecular weight excluding hydrogens is 404 g/mol. The minimum Gasteiger partial charge on any atom is -0.350 e. The molecular formula is C30H32N2O. The van der Waals surface area contributed by atoms with Crippen LogP contribution in [0.1, 0.15) is 56.3 Å². The second-order valence-electron chi connectivity index (χ2n) is 8.74. The molecule has 3 aromatic carbocycles. The summed E-state index contributed by atoms with van der Waals surface area (Å²) < 4.78 is 0. The Morgan fingerprint density at radius 3 is 2.24 bits per heavy atom. The van der Waals surface area contributed by atoms with Crippen molar-refractivity contribution in [3.05, 3.63) is 90.5 Å². The Labute approximate surface area is 196 Å². The van der Waals surface area contributed by atoms with Gasteiger partial charge in [0.2, 0.25) is 0 Å². The van der Waals surface area contributed by atoms with E-state index in [9.17, 15) is 4.79 Å². The summed E-state index contributed by atoms with van der Waals surface area (Å²) in [6, 6.07) is 28.7. The van der Waals surface area contributed by atoms with E-state index >= 15 is 0 Å². The van der Waals surface area contributed by atoms with Gasteiger partial charge in [0.15, 0.2) is 0 Å². The van der Waals surface area contributed by atoms with Gasteiger partial charge in [-0.2, -0.15) is 0 Å². The Morgan fingerprint density at radius 1 is 0.818 bits per heavy atom.